The number of aryl methyl sites for hydroxylation is 1. The van der Waals surface area contributed by atoms with Crippen LogP contribution in [0.3, 0.4) is 0 Å². The second kappa shape index (κ2) is 9.68. The molecule has 0 bridgehead atoms. The molecule has 3 aromatic rings. The van der Waals surface area contributed by atoms with Crippen molar-refractivity contribution in [1.82, 2.24) is 14.5 Å². The first-order chi connectivity index (χ1) is 14.8. The van der Waals surface area contributed by atoms with E-state index in [1.54, 1.807) is 0 Å². The Morgan fingerprint density at radius 1 is 1.23 bits per heavy atom. The van der Waals surface area contributed by atoms with Gasteiger partial charge in [0, 0.05) is 36.6 Å². The molecule has 0 saturated heterocycles. The minimum atomic E-state index is -0.626. The van der Waals surface area contributed by atoms with Crippen molar-refractivity contribution in [3.8, 4) is 0 Å². The van der Waals surface area contributed by atoms with E-state index in [1.165, 1.54) is 9.47 Å². The zero-order valence-electron chi connectivity index (χ0n) is 18.4. The fraction of sp³-hybridized carbons (Fsp3) is 0.435. The zero-order valence-corrected chi connectivity index (χ0v) is 18.4. The fourth-order valence-corrected chi connectivity index (χ4v) is 3.78. The minimum absolute atomic E-state index is 0.0407. The molecule has 0 unspecified atom stereocenters. The predicted molar refractivity (Wildman–Crippen MR) is 124 cm³/mol. The quantitative estimate of drug-likeness (QED) is 0.488. The van der Waals surface area contributed by atoms with Gasteiger partial charge in [-0.25, -0.2) is 4.79 Å². The Hall–Kier alpha value is -3.29. The maximum Gasteiger partial charge on any atom is 0.330 e. The summed E-state index contributed by atoms with van der Waals surface area (Å²) in [6.45, 7) is 6.66. The molecule has 166 valence electrons. The van der Waals surface area contributed by atoms with E-state index >= 15 is 0 Å². The van der Waals surface area contributed by atoms with E-state index in [9.17, 15) is 14.4 Å². The molecular formula is C23H31N5O3. The lowest BCUT2D eigenvalue weighted by Gasteiger charge is -2.25. The molecule has 0 aliphatic carbocycles. The summed E-state index contributed by atoms with van der Waals surface area (Å²) in [5.74, 6) is 0.00471. The molecule has 0 saturated carbocycles. The second-order valence-corrected chi connectivity index (χ2v) is 8.26. The van der Waals surface area contributed by atoms with Gasteiger partial charge in [-0.2, -0.15) is 0 Å². The largest absolute Gasteiger partial charge is 0.383 e. The van der Waals surface area contributed by atoms with E-state index in [1.807, 2.05) is 51.2 Å². The average Bonchev–Trinajstić information content (AvgIpc) is 3.14. The summed E-state index contributed by atoms with van der Waals surface area (Å²) in [6.07, 6.45) is 4.26. The van der Waals surface area contributed by atoms with Gasteiger partial charge in [0.15, 0.2) is 5.69 Å². The first-order valence-corrected chi connectivity index (χ1v) is 10.8. The average molecular weight is 426 g/mol. The van der Waals surface area contributed by atoms with Gasteiger partial charge in [-0.15, -0.1) is 0 Å². The zero-order chi connectivity index (χ0) is 22.5. The minimum Gasteiger partial charge on any atom is -0.383 e. The van der Waals surface area contributed by atoms with E-state index in [0.717, 1.165) is 29.3 Å². The number of hydrogen-bond donors (Lipinski definition) is 3. The summed E-state index contributed by atoms with van der Waals surface area (Å²) in [5.41, 5.74) is 7.21. The number of nitrogens with two attached hydrogens (primary N) is 1. The highest BCUT2D eigenvalue weighted by atomic mass is 16.2. The maximum atomic E-state index is 13.2. The molecule has 2 aromatic heterocycles. The van der Waals surface area contributed by atoms with Crippen molar-refractivity contribution in [3.63, 3.8) is 0 Å². The Kier molecular flexibility index (Phi) is 6.99. The number of carbonyl (C=O) groups is 1. The standard InChI is InChI=1S/C23H31N5O3/c1-4-5-12-27(20-21(24)28(14-15(2)3)23(31)26-22(20)30)19(29)11-10-16-13-25-18-9-7-6-8-17(16)18/h6-9,13,15,25H,4-5,10-12,14,24H2,1-3H3,(H,26,30,31). The Labute approximate surface area is 181 Å². The van der Waals surface area contributed by atoms with E-state index in [2.05, 4.69) is 9.97 Å². The number of carbonyl (C=O) groups excluding carboxylic acids is 1. The summed E-state index contributed by atoms with van der Waals surface area (Å²) in [5, 5.41) is 1.08. The number of aromatic nitrogens is 3. The van der Waals surface area contributed by atoms with Crippen LogP contribution < -0.4 is 21.9 Å². The molecular weight excluding hydrogens is 394 g/mol. The highest BCUT2D eigenvalue weighted by molar-refractivity contribution is 5.96. The van der Waals surface area contributed by atoms with E-state index in [0.29, 0.717) is 19.5 Å². The van der Waals surface area contributed by atoms with Gasteiger partial charge in [-0.05, 0) is 30.4 Å². The molecule has 31 heavy (non-hydrogen) atoms. The number of anilines is 2. The van der Waals surface area contributed by atoms with Crippen molar-refractivity contribution in [2.24, 2.45) is 5.92 Å². The number of H-pyrrole nitrogens is 2. The van der Waals surface area contributed by atoms with Crippen molar-refractivity contribution < 1.29 is 4.79 Å². The van der Waals surface area contributed by atoms with Gasteiger partial charge < -0.3 is 15.6 Å². The van der Waals surface area contributed by atoms with Crippen molar-refractivity contribution in [2.75, 3.05) is 17.2 Å². The number of benzene rings is 1. The summed E-state index contributed by atoms with van der Waals surface area (Å²) >= 11 is 0. The summed E-state index contributed by atoms with van der Waals surface area (Å²) in [6, 6.07) is 7.94. The third-order valence-corrected chi connectivity index (χ3v) is 5.35. The number of amides is 1. The van der Waals surface area contributed by atoms with Crippen molar-refractivity contribution in [2.45, 2.75) is 53.0 Å². The van der Waals surface area contributed by atoms with Gasteiger partial charge in [0.1, 0.15) is 5.82 Å². The van der Waals surface area contributed by atoms with Crippen LogP contribution in [0.5, 0.6) is 0 Å². The lowest BCUT2D eigenvalue weighted by molar-refractivity contribution is -0.118. The molecule has 8 heteroatoms. The third kappa shape index (κ3) is 4.90. The summed E-state index contributed by atoms with van der Waals surface area (Å²) in [4.78, 5) is 45.2. The SMILES string of the molecule is CCCCN(C(=O)CCc1c[nH]c2ccccc12)c1c(N)n(CC(C)C)c(=O)[nH]c1=O. The van der Waals surface area contributed by atoms with Crippen LogP contribution in [0, 0.1) is 5.92 Å². The van der Waals surface area contributed by atoms with Gasteiger partial charge in [0.05, 0.1) is 0 Å². The van der Waals surface area contributed by atoms with Crippen LogP contribution in [0.2, 0.25) is 0 Å². The Bertz CT molecular complexity index is 1170. The molecule has 0 fully saturated rings. The van der Waals surface area contributed by atoms with Gasteiger partial charge in [-0.3, -0.25) is 19.1 Å². The van der Waals surface area contributed by atoms with Crippen LogP contribution in [-0.2, 0) is 17.8 Å². The van der Waals surface area contributed by atoms with Gasteiger partial charge in [0.25, 0.3) is 5.56 Å². The monoisotopic (exact) mass is 425 g/mol. The van der Waals surface area contributed by atoms with Crippen LogP contribution in [0.15, 0.2) is 40.1 Å². The summed E-state index contributed by atoms with van der Waals surface area (Å²) in [7, 11) is 0. The normalized spacial score (nSPS) is 11.4. The van der Waals surface area contributed by atoms with Gasteiger partial charge >= 0.3 is 5.69 Å². The predicted octanol–water partition coefficient (Wildman–Crippen LogP) is 3.02. The molecule has 0 aliphatic rings. The lowest BCUT2D eigenvalue weighted by Crippen LogP contribution is -2.42. The molecule has 2 heterocycles. The van der Waals surface area contributed by atoms with Crippen molar-refractivity contribution >= 4 is 28.3 Å². The number of nitrogens with zero attached hydrogens (tertiary/aromatic N) is 2. The van der Waals surface area contributed by atoms with Crippen molar-refractivity contribution in [3.05, 3.63) is 56.9 Å². The second-order valence-electron chi connectivity index (χ2n) is 8.26. The number of aromatic amines is 2. The molecule has 3 rings (SSSR count). The Balaban J connectivity index is 1.91. The molecule has 0 spiro atoms. The van der Waals surface area contributed by atoms with E-state index in [4.69, 9.17) is 5.73 Å². The van der Waals surface area contributed by atoms with Crippen LogP contribution in [0.4, 0.5) is 11.5 Å². The van der Waals surface area contributed by atoms with E-state index < -0.39 is 11.2 Å². The number of rotatable bonds is 9. The number of para-hydroxylation sites is 1. The molecule has 0 radical (unpaired) electrons. The first kappa shape index (κ1) is 22.4. The molecule has 8 nitrogen and oxygen atoms in total. The van der Waals surface area contributed by atoms with Crippen molar-refractivity contribution in [1.29, 1.82) is 0 Å². The molecule has 4 N–H and O–H groups in total. The smallest absolute Gasteiger partial charge is 0.330 e. The first-order valence-electron chi connectivity index (χ1n) is 10.8. The summed E-state index contributed by atoms with van der Waals surface area (Å²) < 4.78 is 1.34. The number of hydrogen-bond acceptors (Lipinski definition) is 4. The highest BCUT2D eigenvalue weighted by Gasteiger charge is 2.24. The van der Waals surface area contributed by atoms with Crippen LogP contribution in [0.1, 0.15) is 45.6 Å². The topological polar surface area (TPSA) is 117 Å². The highest BCUT2D eigenvalue weighted by Crippen LogP contribution is 2.22. The molecule has 0 aliphatic heterocycles. The lowest BCUT2D eigenvalue weighted by atomic mass is 10.1. The Morgan fingerprint density at radius 3 is 2.68 bits per heavy atom. The molecule has 0 atom stereocenters. The van der Waals surface area contributed by atoms with Crippen LogP contribution >= 0.6 is 0 Å². The van der Waals surface area contributed by atoms with Crippen LogP contribution in [0.25, 0.3) is 10.9 Å². The van der Waals surface area contributed by atoms with Gasteiger partial charge in [-0.1, -0.05) is 45.4 Å². The molecule has 1 aromatic carbocycles. The van der Waals surface area contributed by atoms with E-state index in [-0.39, 0.29) is 29.8 Å². The number of unbranched alkanes of at least 4 members (excludes halogenated alkanes) is 1. The maximum absolute atomic E-state index is 13.2. The van der Waals surface area contributed by atoms with Crippen LogP contribution in [-0.4, -0.2) is 27.0 Å². The Morgan fingerprint density at radius 2 is 1.97 bits per heavy atom. The number of fused-ring (bicyclic) bond motifs is 1. The fourth-order valence-electron chi connectivity index (χ4n) is 3.78. The number of nitrogens with one attached hydrogen (secondary N) is 2. The number of nitrogen functional groups attached to an aromatic ring is 1. The third-order valence-electron chi connectivity index (χ3n) is 5.35. The van der Waals surface area contributed by atoms with Gasteiger partial charge in [0.2, 0.25) is 5.91 Å². The molecule has 1 amide bonds.